The number of guanidine groups is 1. The van der Waals surface area contributed by atoms with E-state index in [0.717, 1.165) is 37.9 Å². The van der Waals surface area contributed by atoms with Crippen molar-refractivity contribution in [2.24, 2.45) is 10.9 Å². The third kappa shape index (κ3) is 7.80. The van der Waals surface area contributed by atoms with Crippen LogP contribution >= 0.6 is 35.3 Å². The van der Waals surface area contributed by atoms with Crippen molar-refractivity contribution in [2.45, 2.75) is 33.1 Å². The predicted octanol–water partition coefficient (Wildman–Crippen LogP) is 2.51. The normalized spacial score (nSPS) is 16.9. The van der Waals surface area contributed by atoms with Gasteiger partial charge in [-0.15, -0.1) is 35.3 Å². The van der Waals surface area contributed by atoms with E-state index in [1.165, 1.54) is 35.8 Å². The summed E-state index contributed by atoms with van der Waals surface area (Å²) in [6, 6.07) is 0. The van der Waals surface area contributed by atoms with Crippen LogP contribution in [0, 0.1) is 12.8 Å². The number of hydrogen-bond donors (Lipinski definition) is 2. The first kappa shape index (κ1) is 20.6. The third-order valence-electron chi connectivity index (χ3n) is 3.99. The molecule has 0 bridgehead atoms. The number of rotatable bonds is 6. The van der Waals surface area contributed by atoms with Crippen LogP contribution in [0.15, 0.2) is 11.2 Å². The summed E-state index contributed by atoms with van der Waals surface area (Å²) in [6.07, 6.45) is 5.42. The Balaban J connectivity index is 0.00000264. The topological polar surface area (TPSA) is 52.6 Å². The van der Waals surface area contributed by atoms with Gasteiger partial charge in [0.2, 0.25) is 0 Å². The van der Waals surface area contributed by atoms with E-state index < -0.39 is 0 Å². The van der Waals surface area contributed by atoms with Crippen LogP contribution in [0.5, 0.6) is 0 Å². The van der Waals surface area contributed by atoms with E-state index in [1.54, 1.807) is 11.3 Å². The van der Waals surface area contributed by atoms with Crippen molar-refractivity contribution in [3.63, 3.8) is 0 Å². The highest BCUT2D eigenvalue weighted by Crippen LogP contribution is 2.16. The van der Waals surface area contributed by atoms with E-state index >= 15 is 0 Å². The van der Waals surface area contributed by atoms with Crippen molar-refractivity contribution in [1.29, 1.82) is 0 Å². The van der Waals surface area contributed by atoms with Crippen molar-refractivity contribution in [3.8, 4) is 0 Å². The van der Waals surface area contributed by atoms with Crippen LogP contribution in [0.1, 0.15) is 29.7 Å². The van der Waals surface area contributed by atoms with Gasteiger partial charge in [-0.3, -0.25) is 4.99 Å². The summed E-state index contributed by atoms with van der Waals surface area (Å²) in [5, 5.41) is 7.95. The average Bonchev–Trinajstić information content (AvgIpc) is 2.92. The number of thiazole rings is 1. The van der Waals surface area contributed by atoms with Crippen LogP contribution in [-0.4, -0.2) is 55.6 Å². The molecule has 0 unspecified atom stereocenters. The number of piperidine rings is 1. The van der Waals surface area contributed by atoms with Gasteiger partial charge < -0.3 is 15.5 Å². The Bertz CT molecular complexity index is 469. The molecule has 0 aromatic carbocycles. The molecular weight excluding hydrogens is 421 g/mol. The van der Waals surface area contributed by atoms with Crippen LogP contribution in [0.25, 0.3) is 0 Å². The molecule has 7 heteroatoms. The Kier molecular flexibility index (Phi) is 10.0. The fourth-order valence-electron chi connectivity index (χ4n) is 2.61. The summed E-state index contributed by atoms with van der Waals surface area (Å²) in [4.78, 5) is 12.8. The summed E-state index contributed by atoms with van der Waals surface area (Å²) >= 11 is 1.77. The molecule has 2 rings (SSSR count). The molecule has 5 nitrogen and oxygen atoms in total. The number of aliphatic imine (C=N–C) groups is 1. The molecule has 2 N–H and O–H groups in total. The van der Waals surface area contributed by atoms with Crippen molar-refractivity contribution in [1.82, 2.24) is 20.5 Å². The number of nitrogens with one attached hydrogen (secondary N) is 2. The number of hydrogen-bond acceptors (Lipinski definition) is 4. The maximum atomic E-state index is 4.76. The minimum atomic E-state index is 0. The van der Waals surface area contributed by atoms with E-state index in [2.05, 4.69) is 41.4 Å². The summed E-state index contributed by atoms with van der Waals surface area (Å²) in [5.41, 5.74) is 0. The summed E-state index contributed by atoms with van der Waals surface area (Å²) in [6.45, 7) is 9.32. The fraction of sp³-hybridized carbons (Fsp3) is 0.750. The van der Waals surface area contributed by atoms with E-state index in [4.69, 9.17) is 4.99 Å². The zero-order chi connectivity index (χ0) is 15.8. The molecule has 0 atom stereocenters. The zero-order valence-electron chi connectivity index (χ0n) is 14.5. The van der Waals surface area contributed by atoms with Crippen LogP contribution < -0.4 is 10.6 Å². The number of nitrogens with zero attached hydrogens (tertiary/aromatic N) is 3. The van der Waals surface area contributed by atoms with Crippen molar-refractivity contribution in [2.75, 3.05) is 39.8 Å². The Morgan fingerprint density at radius 2 is 2.13 bits per heavy atom. The Hall–Kier alpha value is -0.410. The molecule has 0 saturated carbocycles. The van der Waals surface area contributed by atoms with Crippen LogP contribution in [0.4, 0.5) is 0 Å². The minimum absolute atomic E-state index is 0. The first-order chi connectivity index (χ1) is 10.7. The Labute approximate surface area is 161 Å². The lowest BCUT2D eigenvalue weighted by Gasteiger charge is -2.28. The lowest BCUT2D eigenvalue weighted by molar-refractivity contribution is 0.223. The fourth-order valence-corrected chi connectivity index (χ4v) is 3.40. The summed E-state index contributed by atoms with van der Waals surface area (Å²) in [7, 11) is 2.20. The SMILES string of the molecule is CCNC(=NCC1CCN(C)CC1)NCCc1ncc(C)s1.I. The van der Waals surface area contributed by atoms with Crippen molar-refractivity contribution < 1.29 is 0 Å². The lowest BCUT2D eigenvalue weighted by atomic mass is 9.97. The largest absolute Gasteiger partial charge is 0.357 e. The molecule has 1 aromatic heterocycles. The molecule has 0 radical (unpaired) electrons. The first-order valence-corrected chi connectivity index (χ1v) is 9.11. The number of aromatic nitrogens is 1. The number of likely N-dealkylation sites (tertiary alicyclic amines) is 1. The quantitative estimate of drug-likeness (QED) is 0.397. The maximum absolute atomic E-state index is 4.76. The third-order valence-corrected chi connectivity index (χ3v) is 4.96. The molecule has 0 spiro atoms. The van der Waals surface area contributed by atoms with Gasteiger partial charge in [0.15, 0.2) is 5.96 Å². The van der Waals surface area contributed by atoms with Crippen LogP contribution in [0.3, 0.4) is 0 Å². The zero-order valence-corrected chi connectivity index (χ0v) is 17.6. The monoisotopic (exact) mass is 451 g/mol. The molecule has 1 aromatic rings. The minimum Gasteiger partial charge on any atom is -0.357 e. The van der Waals surface area contributed by atoms with Gasteiger partial charge in [-0.2, -0.15) is 0 Å². The predicted molar refractivity (Wildman–Crippen MR) is 110 cm³/mol. The highest BCUT2D eigenvalue weighted by Gasteiger charge is 2.16. The van der Waals surface area contributed by atoms with Crippen LogP contribution in [0.2, 0.25) is 0 Å². The Morgan fingerprint density at radius 1 is 1.39 bits per heavy atom. The maximum Gasteiger partial charge on any atom is 0.191 e. The van der Waals surface area contributed by atoms with Gasteiger partial charge in [0.25, 0.3) is 0 Å². The van der Waals surface area contributed by atoms with Crippen molar-refractivity contribution in [3.05, 3.63) is 16.1 Å². The molecule has 23 heavy (non-hydrogen) atoms. The van der Waals surface area contributed by atoms with Crippen LogP contribution in [-0.2, 0) is 6.42 Å². The number of halogens is 1. The highest BCUT2D eigenvalue weighted by atomic mass is 127. The van der Waals surface area contributed by atoms with Gasteiger partial charge in [-0.1, -0.05) is 0 Å². The van der Waals surface area contributed by atoms with Gasteiger partial charge in [-0.05, 0) is 52.7 Å². The van der Waals surface area contributed by atoms with E-state index in [1.807, 2.05) is 6.20 Å². The summed E-state index contributed by atoms with van der Waals surface area (Å²) in [5.74, 6) is 1.67. The van der Waals surface area contributed by atoms with Gasteiger partial charge in [0, 0.05) is 37.1 Å². The molecule has 1 saturated heterocycles. The second-order valence-corrected chi connectivity index (χ2v) is 7.33. The molecule has 132 valence electrons. The molecule has 1 fully saturated rings. The molecule has 0 aliphatic carbocycles. The van der Waals surface area contributed by atoms with E-state index in [0.29, 0.717) is 0 Å². The molecule has 2 heterocycles. The first-order valence-electron chi connectivity index (χ1n) is 8.29. The van der Waals surface area contributed by atoms with E-state index in [-0.39, 0.29) is 24.0 Å². The van der Waals surface area contributed by atoms with Gasteiger partial charge in [0.1, 0.15) is 0 Å². The van der Waals surface area contributed by atoms with Gasteiger partial charge in [0.05, 0.1) is 5.01 Å². The average molecular weight is 451 g/mol. The van der Waals surface area contributed by atoms with Gasteiger partial charge >= 0.3 is 0 Å². The lowest BCUT2D eigenvalue weighted by Crippen LogP contribution is -2.39. The molecule has 0 amide bonds. The van der Waals surface area contributed by atoms with E-state index in [9.17, 15) is 0 Å². The smallest absolute Gasteiger partial charge is 0.191 e. The second kappa shape index (κ2) is 11.2. The number of aryl methyl sites for hydroxylation is 1. The Morgan fingerprint density at radius 3 is 2.74 bits per heavy atom. The highest BCUT2D eigenvalue weighted by molar-refractivity contribution is 14.0. The molecule has 1 aliphatic rings. The molecule has 1 aliphatic heterocycles. The molecular formula is C16H30IN5S. The van der Waals surface area contributed by atoms with Gasteiger partial charge in [-0.25, -0.2) is 4.98 Å². The summed E-state index contributed by atoms with van der Waals surface area (Å²) < 4.78 is 0. The standard InChI is InChI=1S/C16H29N5S.HI/c1-4-17-16(18-8-5-15-19-11-13(2)22-15)20-12-14-6-9-21(3)10-7-14;/h11,14H,4-10,12H2,1-3H3,(H2,17,18,20);1H. The second-order valence-electron chi connectivity index (χ2n) is 6.01. The van der Waals surface area contributed by atoms with Crippen molar-refractivity contribution >= 4 is 41.3 Å².